The van der Waals surface area contributed by atoms with Gasteiger partial charge in [0.1, 0.15) is 11.4 Å². The molecule has 0 aliphatic carbocycles. The lowest BCUT2D eigenvalue weighted by Crippen LogP contribution is -2.12. The van der Waals surface area contributed by atoms with Gasteiger partial charge < -0.3 is 14.8 Å². The highest BCUT2D eigenvalue weighted by Crippen LogP contribution is 2.36. The van der Waals surface area contributed by atoms with Crippen molar-refractivity contribution in [3.05, 3.63) is 46.1 Å². The summed E-state index contributed by atoms with van der Waals surface area (Å²) < 4.78 is 48.9. The Kier molecular flexibility index (Phi) is 5.52. The van der Waals surface area contributed by atoms with E-state index >= 15 is 0 Å². The fraction of sp³-hybridized carbons (Fsp3) is 0.278. The van der Waals surface area contributed by atoms with Crippen LogP contribution < -0.4 is 10.1 Å². The number of halogens is 3. The monoisotopic (exact) mass is 411 g/mol. The number of hydrogen-bond acceptors (Lipinski definition) is 6. The van der Waals surface area contributed by atoms with Crippen molar-refractivity contribution in [2.45, 2.75) is 19.7 Å². The first-order valence-corrected chi connectivity index (χ1v) is 8.87. The summed E-state index contributed by atoms with van der Waals surface area (Å²) in [5, 5.41) is 3.09. The molecule has 0 radical (unpaired) electrons. The number of aromatic nitrogens is 2. The first kappa shape index (κ1) is 20.0. The highest BCUT2D eigenvalue weighted by Gasteiger charge is 2.30. The Balaban J connectivity index is 1.97. The maximum atomic E-state index is 12.9. The Morgan fingerprint density at radius 1 is 1.25 bits per heavy atom. The van der Waals surface area contributed by atoms with E-state index in [0.29, 0.717) is 32.4 Å². The van der Waals surface area contributed by atoms with Crippen LogP contribution in [0, 0.1) is 6.92 Å². The Labute approximate surface area is 162 Å². The van der Waals surface area contributed by atoms with Crippen molar-refractivity contribution in [2.75, 3.05) is 19.5 Å². The number of rotatable bonds is 5. The number of anilines is 1. The predicted molar refractivity (Wildman–Crippen MR) is 98.8 cm³/mol. The zero-order valence-electron chi connectivity index (χ0n) is 15.2. The number of carbonyl (C=O) groups is 1. The van der Waals surface area contributed by atoms with Gasteiger partial charge in [-0.05, 0) is 30.7 Å². The number of carbonyl (C=O) groups excluding carboxylic acids is 1. The SMILES string of the molecule is COCc1nc(OC)c2c(C)c(C(=O)Nc3cccc(C(F)(F)F)c3)sc2n1. The third kappa shape index (κ3) is 3.92. The first-order valence-electron chi connectivity index (χ1n) is 8.06. The molecule has 0 aliphatic rings. The molecule has 0 saturated heterocycles. The van der Waals surface area contributed by atoms with Gasteiger partial charge in [-0.3, -0.25) is 4.79 Å². The fourth-order valence-corrected chi connectivity index (χ4v) is 3.75. The van der Waals surface area contributed by atoms with Crippen LogP contribution in [-0.4, -0.2) is 30.1 Å². The number of nitrogens with one attached hydrogen (secondary N) is 1. The van der Waals surface area contributed by atoms with Crippen LogP contribution in [0.2, 0.25) is 0 Å². The summed E-state index contributed by atoms with van der Waals surface area (Å²) in [5.74, 6) is 0.178. The van der Waals surface area contributed by atoms with Crippen molar-refractivity contribution < 1.29 is 27.4 Å². The van der Waals surface area contributed by atoms with Gasteiger partial charge in [0.25, 0.3) is 5.91 Å². The molecular weight excluding hydrogens is 395 g/mol. The maximum Gasteiger partial charge on any atom is 0.416 e. The maximum absolute atomic E-state index is 12.9. The molecule has 6 nitrogen and oxygen atoms in total. The minimum atomic E-state index is -4.49. The van der Waals surface area contributed by atoms with E-state index in [-0.39, 0.29) is 12.3 Å². The van der Waals surface area contributed by atoms with Crippen LogP contribution in [0.1, 0.15) is 26.6 Å². The van der Waals surface area contributed by atoms with E-state index in [1.165, 1.54) is 26.4 Å². The minimum Gasteiger partial charge on any atom is -0.480 e. The largest absolute Gasteiger partial charge is 0.480 e. The number of fused-ring (bicyclic) bond motifs is 1. The molecule has 0 spiro atoms. The highest BCUT2D eigenvalue weighted by atomic mass is 32.1. The minimum absolute atomic E-state index is 0.0507. The number of methoxy groups -OCH3 is 2. The van der Waals surface area contributed by atoms with Crippen LogP contribution >= 0.6 is 11.3 Å². The Morgan fingerprint density at radius 2 is 2.00 bits per heavy atom. The van der Waals surface area contributed by atoms with Gasteiger partial charge in [-0.2, -0.15) is 18.2 Å². The smallest absolute Gasteiger partial charge is 0.416 e. The molecule has 0 saturated carbocycles. The number of benzene rings is 1. The Bertz CT molecular complexity index is 1030. The average molecular weight is 411 g/mol. The second kappa shape index (κ2) is 7.72. The molecule has 0 bridgehead atoms. The van der Waals surface area contributed by atoms with Crippen molar-refractivity contribution in [3.63, 3.8) is 0 Å². The predicted octanol–water partition coefficient (Wildman–Crippen LogP) is 4.43. The number of hydrogen-bond donors (Lipinski definition) is 1. The second-order valence-corrected chi connectivity index (χ2v) is 6.85. The Morgan fingerprint density at radius 3 is 2.64 bits per heavy atom. The number of alkyl halides is 3. The quantitative estimate of drug-likeness (QED) is 0.673. The first-order chi connectivity index (χ1) is 13.2. The summed E-state index contributed by atoms with van der Waals surface area (Å²) in [5.41, 5.74) is -0.199. The van der Waals surface area contributed by atoms with Crippen LogP contribution in [-0.2, 0) is 17.5 Å². The van der Waals surface area contributed by atoms with Gasteiger partial charge in [0.15, 0.2) is 5.82 Å². The van der Waals surface area contributed by atoms with Crippen molar-refractivity contribution in [3.8, 4) is 5.88 Å². The summed E-state index contributed by atoms with van der Waals surface area (Å²) >= 11 is 1.11. The summed E-state index contributed by atoms with van der Waals surface area (Å²) in [6.07, 6.45) is -4.49. The topological polar surface area (TPSA) is 73.3 Å². The van der Waals surface area contributed by atoms with Gasteiger partial charge >= 0.3 is 6.18 Å². The lowest BCUT2D eigenvalue weighted by atomic mass is 10.1. The van der Waals surface area contributed by atoms with Crippen LogP contribution in [0.25, 0.3) is 10.2 Å². The molecule has 28 heavy (non-hydrogen) atoms. The molecule has 148 valence electrons. The molecule has 0 unspecified atom stereocenters. The van der Waals surface area contributed by atoms with E-state index in [1.807, 2.05) is 0 Å². The number of amides is 1. The van der Waals surface area contributed by atoms with Crippen LogP contribution in [0.4, 0.5) is 18.9 Å². The van der Waals surface area contributed by atoms with E-state index in [9.17, 15) is 18.0 Å². The third-order valence-electron chi connectivity index (χ3n) is 3.92. The normalized spacial score (nSPS) is 11.6. The highest BCUT2D eigenvalue weighted by molar-refractivity contribution is 7.20. The number of nitrogens with zero attached hydrogens (tertiary/aromatic N) is 2. The molecule has 0 aliphatic heterocycles. The van der Waals surface area contributed by atoms with Gasteiger partial charge in [-0.25, -0.2) is 4.98 Å². The van der Waals surface area contributed by atoms with Crippen LogP contribution in [0.5, 0.6) is 5.88 Å². The van der Waals surface area contributed by atoms with Crippen molar-refractivity contribution in [1.29, 1.82) is 0 Å². The van der Waals surface area contributed by atoms with Gasteiger partial charge in [0.2, 0.25) is 5.88 Å². The molecule has 1 aromatic carbocycles. The lowest BCUT2D eigenvalue weighted by Gasteiger charge is -2.09. The van der Waals surface area contributed by atoms with Crippen LogP contribution in [0.3, 0.4) is 0 Å². The average Bonchev–Trinajstić information content (AvgIpc) is 2.98. The lowest BCUT2D eigenvalue weighted by molar-refractivity contribution is -0.137. The van der Waals surface area contributed by atoms with E-state index in [0.717, 1.165) is 23.5 Å². The van der Waals surface area contributed by atoms with E-state index in [4.69, 9.17) is 9.47 Å². The van der Waals surface area contributed by atoms with E-state index in [1.54, 1.807) is 6.92 Å². The summed E-state index contributed by atoms with van der Waals surface area (Å²) in [4.78, 5) is 22.1. The standard InChI is InChI=1S/C18H16F3N3O3S/c1-9-13-16(27-3)23-12(8-26-2)24-17(13)28-14(9)15(25)22-11-6-4-5-10(7-11)18(19,20)21/h4-7H,8H2,1-3H3,(H,22,25). The summed E-state index contributed by atoms with van der Waals surface area (Å²) in [6, 6.07) is 4.46. The number of thiophene rings is 1. The molecule has 0 atom stereocenters. The number of ether oxygens (including phenoxy) is 2. The van der Waals surface area contributed by atoms with Gasteiger partial charge in [-0.15, -0.1) is 11.3 Å². The molecule has 3 aromatic rings. The van der Waals surface area contributed by atoms with Crippen LogP contribution in [0.15, 0.2) is 24.3 Å². The fourth-order valence-electron chi connectivity index (χ4n) is 2.66. The zero-order chi connectivity index (χ0) is 20.5. The molecule has 2 heterocycles. The second-order valence-electron chi connectivity index (χ2n) is 5.85. The van der Waals surface area contributed by atoms with Crippen molar-refractivity contribution >= 4 is 33.1 Å². The van der Waals surface area contributed by atoms with Crippen molar-refractivity contribution in [1.82, 2.24) is 9.97 Å². The molecule has 3 rings (SSSR count). The molecule has 1 amide bonds. The Hall–Kier alpha value is -2.72. The molecule has 0 fully saturated rings. The zero-order valence-corrected chi connectivity index (χ0v) is 16.0. The summed E-state index contributed by atoms with van der Waals surface area (Å²) in [7, 11) is 2.96. The molecule has 2 aromatic heterocycles. The molecule has 10 heteroatoms. The third-order valence-corrected chi connectivity index (χ3v) is 5.11. The van der Waals surface area contributed by atoms with E-state index < -0.39 is 17.6 Å². The summed E-state index contributed by atoms with van der Waals surface area (Å²) in [6.45, 7) is 1.89. The van der Waals surface area contributed by atoms with Gasteiger partial charge in [-0.1, -0.05) is 6.07 Å². The van der Waals surface area contributed by atoms with Crippen molar-refractivity contribution in [2.24, 2.45) is 0 Å². The van der Waals surface area contributed by atoms with Gasteiger partial charge in [0.05, 0.1) is 22.9 Å². The number of aryl methyl sites for hydroxylation is 1. The van der Waals surface area contributed by atoms with Gasteiger partial charge in [0, 0.05) is 12.8 Å². The molecule has 1 N–H and O–H groups in total. The molecular formula is C18H16F3N3O3S. The van der Waals surface area contributed by atoms with E-state index in [2.05, 4.69) is 15.3 Å².